The van der Waals surface area contributed by atoms with Crippen molar-refractivity contribution < 1.29 is 0 Å². The molecule has 0 amide bonds. The van der Waals surface area contributed by atoms with Crippen molar-refractivity contribution in [2.24, 2.45) is 0 Å². The van der Waals surface area contributed by atoms with Crippen LogP contribution in [0.4, 0.5) is 0 Å². The Balaban J connectivity index is 2.69. The zero-order valence-corrected chi connectivity index (χ0v) is 8.67. The molecule has 1 N–H and O–H groups in total. The number of thioether (sulfide) groups is 1. The van der Waals surface area contributed by atoms with Gasteiger partial charge in [-0.15, -0.1) is 0 Å². The predicted octanol–water partition coefficient (Wildman–Crippen LogP) is 2.52. The van der Waals surface area contributed by atoms with Crippen molar-refractivity contribution in [3.8, 4) is 0 Å². The summed E-state index contributed by atoms with van der Waals surface area (Å²) in [4.78, 5) is 0. The van der Waals surface area contributed by atoms with E-state index in [0.29, 0.717) is 0 Å². The maximum atomic E-state index is 3.40. The van der Waals surface area contributed by atoms with Crippen molar-refractivity contribution in [2.75, 3.05) is 24.6 Å². The third kappa shape index (κ3) is 10.3. The number of rotatable bonds is 8. The average molecular weight is 175 g/mol. The zero-order chi connectivity index (χ0) is 8.36. The van der Waals surface area contributed by atoms with Gasteiger partial charge in [-0.1, -0.05) is 13.8 Å². The molecule has 0 saturated carbocycles. The fourth-order valence-corrected chi connectivity index (χ4v) is 1.60. The Bertz CT molecular complexity index is 58.6. The first-order valence-corrected chi connectivity index (χ1v) is 5.85. The molecule has 0 fully saturated rings. The second-order valence-electron chi connectivity index (χ2n) is 2.65. The molecule has 0 aliphatic carbocycles. The van der Waals surface area contributed by atoms with Gasteiger partial charge in [0.15, 0.2) is 0 Å². The molecule has 11 heavy (non-hydrogen) atoms. The number of hydrogen-bond acceptors (Lipinski definition) is 2. The topological polar surface area (TPSA) is 12.0 Å². The van der Waals surface area contributed by atoms with E-state index >= 15 is 0 Å². The van der Waals surface area contributed by atoms with Crippen LogP contribution in [0.1, 0.15) is 33.1 Å². The highest BCUT2D eigenvalue weighted by molar-refractivity contribution is 7.99. The molecule has 0 unspecified atom stereocenters. The maximum absolute atomic E-state index is 3.40. The van der Waals surface area contributed by atoms with Gasteiger partial charge in [0.1, 0.15) is 0 Å². The van der Waals surface area contributed by atoms with Gasteiger partial charge < -0.3 is 5.32 Å². The molecule has 0 aromatic carbocycles. The van der Waals surface area contributed by atoms with Crippen molar-refractivity contribution in [2.45, 2.75) is 33.1 Å². The highest BCUT2D eigenvalue weighted by atomic mass is 32.2. The molecule has 0 saturated heterocycles. The molecule has 0 aromatic rings. The smallest absolute Gasteiger partial charge is 0.00486 e. The molecular weight excluding hydrogens is 154 g/mol. The van der Waals surface area contributed by atoms with Crippen LogP contribution in [-0.4, -0.2) is 24.6 Å². The lowest BCUT2D eigenvalue weighted by atomic mass is 10.3. The summed E-state index contributed by atoms with van der Waals surface area (Å²) in [5, 5.41) is 3.40. The molecule has 68 valence electrons. The van der Waals surface area contributed by atoms with Gasteiger partial charge >= 0.3 is 0 Å². The highest BCUT2D eigenvalue weighted by Gasteiger charge is 1.87. The van der Waals surface area contributed by atoms with Gasteiger partial charge in [-0.3, -0.25) is 0 Å². The average Bonchev–Trinajstić information content (AvgIpc) is 2.03. The van der Waals surface area contributed by atoms with Gasteiger partial charge in [-0.2, -0.15) is 11.8 Å². The van der Waals surface area contributed by atoms with Crippen LogP contribution < -0.4 is 5.32 Å². The third-order valence-electron chi connectivity index (χ3n) is 1.52. The molecule has 0 bridgehead atoms. The first-order valence-electron chi connectivity index (χ1n) is 4.70. The third-order valence-corrected chi connectivity index (χ3v) is 2.51. The van der Waals surface area contributed by atoms with E-state index in [1.54, 1.807) is 0 Å². The molecule has 0 aromatic heterocycles. The van der Waals surface area contributed by atoms with Gasteiger partial charge in [-0.25, -0.2) is 0 Å². The fraction of sp³-hybridized carbons (Fsp3) is 1.00. The van der Waals surface area contributed by atoms with Crippen molar-refractivity contribution in [1.82, 2.24) is 5.32 Å². The normalized spacial score (nSPS) is 10.4. The maximum Gasteiger partial charge on any atom is -0.00486 e. The summed E-state index contributed by atoms with van der Waals surface area (Å²) < 4.78 is 0. The molecule has 2 heteroatoms. The van der Waals surface area contributed by atoms with Crippen LogP contribution in [0.2, 0.25) is 0 Å². The lowest BCUT2D eigenvalue weighted by Crippen LogP contribution is -2.15. The first kappa shape index (κ1) is 11.3. The summed E-state index contributed by atoms with van der Waals surface area (Å²) in [7, 11) is 0. The minimum atomic E-state index is 1.18. The number of hydrogen-bond donors (Lipinski definition) is 1. The minimum Gasteiger partial charge on any atom is -0.317 e. The Labute approximate surface area is 75.3 Å². The molecular formula is C9H21NS. The molecule has 0 atom stereocenters. The van der Waals surface area contributed by atoms with E-state index in [9.17, 15) is 0 Å². The molecule has 0 radical (unpaired) electrons. The molecule has 0 aliphatic rings. The van der Waals surface area contributed by atoms with Gasteiger partial charge in [0.2, 0.25) is 0 Å². The second-order valence-corrected chi connectivity index (χ2v) is 4.05. The zero-order valence-electron chi connectivity index (χ0n) is 7.86. The number of unbranched alkanes of at least 4 members (excludes halogenated alkanes) is 1. The largest absolute Gasteiger partial charge is 0.317 e. The van der Waals surface area contributed by atoms with Crippen molar-refractivity contribution in [3.05, 3.63) is 0 Å². The van der Waals surface area contributed by atoms with Crippen LogP contribution >= 0.6 is 11.8 Å². The van der Waals surface area contributed by atoms with Gasteiger partial charge in [0.25, 0.3) is 0 Å². The summed E-state index contributed by atoms with van der Waals surface area (Å²) in [5.41, 5.74) is 0. The predicted molar refractivity (Wildman–Crippen MR) is 55.4 cm³/mol. The molecule has 0 heterocycles. The SMILES string of the molecule is CCCNCCCCSCC. The summed E-state index contributed by atoms with van der Waals surface area (Å²) in [6, 6.07) is 0. The quantitative estimate of drug-likeness (QED) is 0.569. The monoisotopic (exact) mass is 175 g/mol. The Morgan fingerprint density at radius 2 is 1.91 bits per heavy atom. The lowest BCUT2D eigenvalue weighted by molar-refractivity contribution is 0.635. The van der Waals surface area contributed by atoms with E-state index in [0.717, 1.165) is 0 Å². The fourth-order valence-electron chi connectivity index (χ4n) is 0.900. The van der Waals surface area contributed by atoms with E-state index in [4.69, 9.17) is 0 Å². The van der Waals surface area contributed by atoms with E-state index < -0.39 is 0 Å². The Kier molecular flexibility index (Phi) is 10.6. The summed E-state index contributed by atoms with van der Waals surface area (Å²) >= 11 is 2.04. The highest BCUT2D eigenvalue weighted by Crippen LogP contribution is 2.02. The van der Waals surface area contributed by atoms with Crippen LogP contribution in [0.5, 0.6) is 0 Å². The first-order chi connectivity index (χ1) is 5.41. The number of nitrogens with one attached hydrogen (secondary N) is 1. The Morgan fingerprint density at radius 3 is 2.55 bits per heavy atom. The minimum absolute atomic E-state index is 1.18. The Morgan fingerprint density at radius 1 is 1.09 bits per heavy atom. The summed E-state index contributed by atoms with van der Waals surface area (Å²) in [6.07, 6.45) is 3.96. The van der Waals surface area contributed by atoms with E-state index in [2.05, 4.69) is 19.2 Å². The molecule has 0 rings (SSSR count). The summed E-state index contributed by atoms with van der Waals surface area (Å²) in [5.74, 6) is 2.60. The van der Waals surface area contributed by atoms with Crippen LogP contribution in [-0.2, 0) is 0 Å². The van der Waals surface area contributed by atoms with Gasteiger partial charge in [-0.05, 0) is 43.9 Å². The van der Waals surface area contributed by atoms with Gasteiger partial charge in [0, 0.05) is 0 Å². The van der Waals surface area contributed by atoms with Crippen LogP contribution in [0, 0.1) is 0 Å². The lowest BCUT2D eigenvalue weighted by Gasteiger charge is -2.01. The van der Waals surface area contributed by atoms with Crippen molar-refractivity contribution in [1.29, 1.82) is 0 Å². The van der Waals surface area contributed by atoms with E-state index in [1.807, 2.05) is 11.8 Å². The van der Waals surface area contributed by atoms with E-state index in [-0.39, 0.29) is 0 Å². The van der Waals surface area contributed by atoms with Crippen molar-refractivity contribution >= 4 is 11.8 Å². The van der Waals surface area contributed by atoms with Crippen LogP contribution in [0.25, 0.3) is 0 Å². The molecule has 0 aliphatic heterocycles. The Hall–Kier alpha value is 0.310. The summed E-state index contributed by atoms with van der Waals surface area (Å²) in [6.45, 7) is 6.82. The van der Waals surface area contributed by atoms with Crippen LogP contribution in [0.15, 0.2) is 0 Å². The standard InChI is InChI=1S/C9H21NS/c1-3-7-10-8-5-6-9-11-4-2/h10H,3-9H2,1-2H3. The van der Waals surface area contributed by atoms with Crippen molar-refractivity contribution in [3.63, 3.8) is 0 Å². The van der Waals surface area contributed by atoms with Gasteiger partial charge in [0.05, 0.1) is 0 Å². The van der Waals surface area contributed by atoms with E-state index in [1.165, 1.54) is 43.9 Å². The molecule has 1 nitrogen and oxygen atoms in total. The van der Waals surface area contributed by atoms with Crippen LogP contribution in [0.3, 0.4) is 0 Å². The molecule has 0 spiro atoms. The second kappa shape index (κ2) is 10.3.